The molecular formula is C28H39N5O3. The zero-order valence-corrected chi connectivity index (χ0v) is 22.3. The first kappa shape index (κ1) is 24.8. The van der Waals surface area contributed by atoms with Crippen LogP contribution in [0.1, 0.15) is 70.2 Å². The van der Waals surface area contributed by atoms with Gasteiger partial charge in [0.15, 0.2) is 0 Å². The lowest BCUT2D eigenvalue weighted by molar-refractivity contribution is -0.0435. The number of aromatic nitrogens is 2. The quantitative estimate of drug-likeness (QED) is 0.700. The summed E-state index contributed by atoms with van der Waals surface area (Å²) in [4.78, 5) is 34.7. The molecule has 0 aliphatic carbocycles. The topological polar surface area (TPSA) is 79.7 Å². The van der Waals surface area contributed by atoms with E-state index in [0.717, 1.165) is 74.7 Å². The van der Waals surface area contributed by atoms with Gasteiger partial charge in [0.2, 0.25) is 0 Å². The van der Waals surface area contributed by atoms with E-state index in [9.17, 15) is 9.59 Å². The van der Waals surface area contributed by atoms with Crippen molar-refractivity contribution >= 4 is 11.9 Å². The molecule has 5 rings (SSSR count). The molecule has 3 aliphatic heterocycles. The first-order valence-corrected chi connectivity index (χ1v) is 13.2. The van der Waals surface area contributed by atoms with E-state index in [1.54, 1.807) is 0 Å². The molecule has 2 saturated heterocycles. The van der Waals surface area contributed by atoms with Gasteiger partial charge in [-0.05, 0) is 64.1 Å². The number of hydrogen-bond donors (Lipinski definition) is 1. The van der Waals surface area contributed by atoms with Gasteiger partial charge in [0.25, 0.3) is 0 Å². The maximum atomic E-state index is 13.5. The fourth-order valence-corrected chi connectivity index (χ4v) is 5.87. The Morgan fingerprint density at radius 3 is 2.50 bits per heavy atom. The van der Waals surface area contributed by atoms with Gasteiger partial charge in [-0.3, -0.25) is 4.57 Å². The van der Waals surface area contributed by atoms with Crippen LogP contribution in [0.2, 0.25) is 0 Å². The second-order valence-corrected chi connectivity index (χ2v) is 11.9. The van der Waals surface area contributed by atoms with Crippen molar-refractivity contribution in [1.29, 1.82) is 0 Å². The number of nitrogens with zero attached hydrogens (tertiary/aromatic N) is 4. The van der Waals surface area contributed by atoms with E-state index in [4.69, 9.17) is 4.74 Å². The highest BCUT2D eigenvalue weighted by Gasteiger charge is 2.48. The van der Waals surface area contributed by atoms with Gasteiger partial charge in [0.05, 0.1) is 5.69 Å². The minimum absolute atomic E-state index is 0.153. The molecule has 0 radical (unpaired) electrons. The molecule has 8 nitrogen and oxygen atoms in total. The Hall–Kier alpha value is -2.87. The Morgan fingerprint density at radius 2 is 1.83 bits per heavy atom. The van der Waals surface area contributed by atoms with Crippen LogP contribution in [0, 0.1) is 5.41 Å². The van der Waals surface area contributed by atoms with Crippen LogP contribution in [0.4, 0.5) is 10.6 Å². The molecule has 2 aromatic rings. The van der Waals surface area contributed by atoms with Crippen LogP contribution in [0.5, 0.6) is 0 Å². The van der Waals surface area contributed by atoms with Crippen LogP contribution < -0.4 is 15.9 Å². The molecule has 0 unspecified atom stereocenters. The van der Waals surface area contributed by atoms with Gasteiger partial charge in [-0.25, -0.2) is 9.59 Å². The summed E-state index contributed by atoms with van der Waals surface area (Å²) < 4.78 is 7.37. The van der Waals surface area contributed by atoms with E-state index < -0.39 is 5.60 Å². The minimum Gasteiger partial charge on any atom is -0.444 e. The van der Waals surface area contributed by atoms with Gasteiger partial charge < -0.3 is 19.9 Å². The molecular weight excluding hydrogens is 454 g/mol. The number of likely N-dealkylation sites (tertiary alicyclic amines) is 1. The molecule has 1 aromatic carbocycles. The summed E-state index contributed by atoms with van der Waals surface area (Å²) in [6.45, 7) is 14.8. The van der Waals surface area contributed by atoms with E-state index >= 15 is 0 Å². The summed E-state index contributed by atoms with van der Waals surface area (Å²) in [7, 11) is 0. The maximum Gasteiger partial charge on any atom is 0.410 e. The number of carbonyl (C=O) groups is 1. The fourth-order valence-electron chi connectivity index (χ4n) is 5.87. The number of carbonyl (C=O) groups excluding carboxylic acids is 1. The zero-order chi connectivity index (χ0) is 25.7. The van der Waals surface area contributed by atoms with E-state index in [1.807, 2.05) is 48.4 Å². The summed E-state index contributed by atoms with van der Waals surface area (Å²) in [5.74, 6) is 1.16. The molecule has 36 heavy (non-hydrogen) atoms. The lowest BCUT2D eigenvalue weighted by atomic mass is 9.72. The van der Waals surface area contributed by atoms with Crippen molar-refractivity contribution in [3.63, 3.8) is 0 Å². The molecule has 8 heteroatoms. The fraction of sp³-hybridized carbons (Fsp3) is 0.607. The number of nitrogens with one attached hydrogen (secondary N) is 1. The second-order valence-electron chi connectivity index (χ2n) is 11.9. The third-order valence-electron chi connectivity index (χ3n) is 7.75. The van der Waals surface area contributed by atoms with E-state index in [2.05, 4.69) is 35.1 Å². The molecule has 3 aliphatic rings. The van der Waals surface area contributed by atoms with Gasteiger partial charge in [0.1, 0.15) is 11.4 Å². The molecule has 4 heterocycles. The number of amides is 1. The normalized spacial score (nSPS) is 19.3. The average molecular weight is 494 g/mol. The van der Waals surface area contributed by atoms with Crippen LogP contribution in [-0.2, 0) is 17.7 Å². The maximum absolute atomic E-state index is 13.5. The number of hydrogen-bond acceptors (Lipinski definition) is 6. The van der Waals surface area contributed by atoms with Crippen molar-refractivity contribution in [2.75, 3.05) is 37.6 Å². The van der Waals surface area contributed by atoms with Crippen LogP contribution in [0.15, 0.2) is 29.1 Å². The van der Waals surface area contributed by atoms with Gasteiger partial charge in [-0.2, -0.15) is 4.98 Å². The molecule has 2 fully saturated rings. The van der Waals surface area contributed by atoms with Gasteiger partial charge >= 0.3 is 11.8 Å². The number of anilines is 1. The lowest BCUT2D eigenvalue weighted by Crippen LogP contribution is -2.62. The van der Waals surface area contributed by atoms with Crippen LogP contribution >= 0.6 is 0 Å². The van der Waals surface area contributed by atoms with Crippen molar-refractivity contribution in [2.45, 2.75) is 71.9 Å². The van der Waals surface area contributed by atoms with Crippen molar-refractivity contribution < 1.29 is 9.53 Å². The number of ether oxygens (including phenoxy) is 1. The summed E-state index contributed by atoms with van der Waals surface area (Å²) in [5.41, 5.74) is 3.78. The van der Waals surface area contributed by atoms with Crippen LogP contribution in [0.25, 0.3) is 5.69 Å². The predicted molar refractivity (Wildman–Crippen MR) is 141 cm³/mol. The van der Waals surface area contributed by atoms with Crippen LogP contribution in [0.3, 0.4) is 0 Å². The Labute approximate surface area is 213 Å². The lowest BCUT2D eigenvalue weighted by Gasteiger charge is -2.53. The third-order valence-corrected chi connectivity index (χ3v) is 7.75. The second kappa shape index (κ2) is 9.21. The van der Waals surface area contributed by atoms with E-state index in [1.165, 1.54) is 5.56 Å². The molecule has 1 amide bonds. The van der Waals surface area contributed by atoms with E-state index in [0.29, 0.717) is 12.5 Å². The number of rotatable bonds is 3. The average Bonchev–Trinajstić information content (AvgIpc) is 2.81. The highest BCUT2D eigenvalue weighted by molar-refractivity contribution is 5.69. The summed E-state index contributed by atoms with van der Waals surface area (Å²) in [5, 5.41) is 3.46. The van der Waals surface area contributed by atoms with Crippen molar-refractivity contribution in [3.05, 3.63) is 51.6 Å². The monoisotopic (exact) mass is 493 g/mol. The van der Waals surface area contributed by atoms with E-state index in [-0.39, 0.29) is 17.2 Å². The Kier molecular flexibility index (Phi) is 6.35. The highest BCUT2D eigenvalue weighted by Crippen LogP contribution is 2.42. The number of benzene rings is 1. The summed E-state index contributed by atoms with van der Waals surface area (Å²) in [6.07, 6.45) is 2.61. The zero-order valence-electron chi connectivity index (χ0n) is 22.3. The number of fused-ring (bicyclic) bond motifs is 1. The first-order chi connectivity index (χ1) is 17.1. The molecule has 1 spiro atoms. The SMILES string of the molecule is CC(C)c1ccccc1-n1c2c(c(N3CCC4(CC3)CN(C(=O)OC(C)(C)C)C4)nc1=O)CCNC2. The van der Waals surface area contributed by atoms with Gasteiger partial charge in [-0.1, -0.05) is 32.0 Å². The molecule has 0 saturated carbocycles. The number of para-hydroxylation sites is 1. The molecule has 1 N–H and O–H groups in total. The van der Waals surface area contributed by atoms with Crippen molar-refractivity contribution in [2.24, 2.45) is 5.41 Å². The summed E-state index contributed by atoms with van der Waals surface area (Å²) in [6, 6.07) is 8.16. The predicted octanol–water partition coefficient (Wildman–Crippen LogP) is 3.84. The molecule has 194 valence electrons. The molecule has 1 aromatic heterocycles. The minimum atomic E-state index is -0.473. The highest BCUT2D eigenvalue weighted by atomic mass is 16.6. The summed E-state index contributed by atoms with van der Waals surface area (Å²) >= 11 is 0. The van der Waals surface area contributed by atoms with Gasteiger partial charge in [-0.15, -0.1) is 0 Å². The smallest absolute Gasteiger partial charge is 0.410 e. The van der Waals surface area contributed by atoms with Crippen molar-refractivity contribution in [3.8, 4) is 5.69 Å². The standard InChI is InChI=1S/C28H39N5O3/c1-19(2)20-8-6-7-9-22(20)33-23-16-29-13-10-21(23)24(30-25(33)34)31-14-11-28(12-15-31)17-32(18-28)26(35)36-27(3,4)5/h6-9,19,29H,10-18H2,1-5H3. The Balaban J connectivity index is 1.37. The van der Waals surface area contributed by atoms with Crippen molar-refractivity contribution in [1.82, 2.24) is 19.8 Å². The Bertz CT molecular complexity index is 1200. The third kappa shape index (κ3) is 4.63. The number of piperidine rings is 1. The first-order valence-electron chi connectivity index (χ1n) is 13.2. The Morgan fingerprint density at radius 1 is 1.14 bits per heavy atom. The van der Waals surface area contributed by atoms with Crippen LogP contribution in [-0.4, -0.2) is 58.9 Å². The van der Waals surface area contributed by atoms with Gasteiger partial charge in [0, 0.05) is 49.4 Å². The molecule has 0 atom stereocenters. The molecule has 0 bridgehead atoms. The largest absolute Gasteiger partial charge is 0.444 e.